The molecule has 0 unspecified atom stereocenters. The third-order valence-corrected chi connectivity index (χ3v) is 4.70. The summed E-state index contributed by atoms with van der Waals surface area (Å²) in [7, 11) is 0. The van der Waals surface area contributed by atoms with Gasteiger partial charge in [-0.15, -0.1) is 0 Å². The zero-order valence-electron chi connectivity index (χ0n) is 15.7. The summed E-state index contributed by atoms with van der Waals surface area (Å²) in [5.74, 6) is 0.350. The van der Waals surface area contributed by atoms with Crippen molar-refractivity contribution in [3.05, 3.63) is 54.2 Å². The van der Waals surface area contributed by atoms with E-state index >= 15 is 0 Å². The van der Waals surface area contributed by atoms with Crippen LogP contribution in [0.3, 0.4) is 0 Å². The molecule has 2 aromatic heterocycles. The van der Waals surface area contributed by atoms with Crippen molar-refractivity contribution in [2.24, 2.45) is 5.92 Å². The van der Waals surface area contributed by atoms with E-state index in [0.717, 1.165) is 17.5 Å². The fourth-order valence-electron chi connectivity index (χ4n) is 2.85. The van der Waals surface area contributed by atoms with Gasteiger partial charge in [0, 0.05) is 0 Å². The van der Waals surface area contributed by atoms with Gasteiger partial charge in [-0.05, 0) is 37.1 Å². The summed E-state index contributed by atoms with van der Waals surface area (Å²) in [5, 5.41) is 5.66. The zero-order valence-corrected chi connectivity index (χ0v) is 15.7. The van der Waals surface area contributed by atoms with Gasteiger partial charge in [0.05, 0.1) is 23.3 Å². The summed E-state index contributed by atoms with van der Waals surface area (Å²) < 4.78 is 5.06. The second-order valence-electron chi connectivity index (χ2n) is 6.68. The number of furan rings is 1. The molecule has 0 aliphatic heterocycles. The molecule has 0 aliphatic rings. The first-order chi connectivity index (χ1) is 13.0. The van der Waals surface area contributed by atoms with Gasteiger partial charge in [0.2, 0.25) is 5.91 Å². The van der Waals surface area contributed by atoms with Crippen molar-refractivity contribution in [3.63, 3.8) is 0 Å². The average molecular weight is 368 g/mol. The van der Waals surface area contributed by atoms with Gasteiger partial charge in [0.25, 0.3) is 5.91 Å². The van der Waals surface area contributed by atoms with Crippen LogP contribution in [0.25, 0.3) is 11.0 Å². The number of aromatic nitrogens is 2. The van der Waals surface area contributed by atoms with Crippen molar-refractivity contribution in [1.82, 2.24) is 20.6 Å². The van der Waals surface area contributed by atoms with Crippen LogP contribution in [0, 0.1) is 5.92 Å². The highest BCUT2D eigenvalue weighted by Crippen LogP contribution is 2.24. The van der Waals surface area contributed by atoms with Gasteiger partial charge in [0.1, 0.15) is 11.9 Å². The van der Waals surface area contributed by atoms with Crippen LogP contribution in [0.15, 0.2) is 47.1 Å². The Labute approximate surface area is 157 Å². The number of nitrogens with zero attached hydrogens (tertiary/aromatic N) is 1. The SMILES string of the molecule is CC[C@H](C)[C@H](NC(=O)[C@@H](C)NC(=O)c1ccco1)c1nc2ccccc2[nH]1. The smallest absolute Gasteiger partial charge is 0.287 e. The van der Waals surface area contributed by atoms with Crippen LogP contribution in [-0.2, 0) is 4.79 Å². The third-order valence-electron chi connectivity index (χ3n) is 4.70. The second-order valence-corrected chi connectivity index (χ2v) is 6.68. The molecule has 3 rings (SSSR count). The minimum atomic E-state index is -0.710. The number of fused-ring (bicyclic) bond motifs is 1. The predicted octanol–water partition coefficient (Wildman–Crippen LogP) is 3.18. The number of para-hydroxylation sites is 2. The first-order valence-corrected chi connectivity index (χ1v) is 9.09. The molecule has 7 nitrogen and oxygen atoms in total. The third kappa shape index (κ3) is 4.19. The highest BCUT2D eigenvalue weighted by Gasteiger charge is 2.26. The molecule has 3 N–H and O–H groups in total. The molecule has 3 atom stereocenters. The van der Waals surface area contributed by atoms with Crippen LogP contribution < -0.4 is 10.6 Å². The molecule has 0 saturated heterocycles. The van der Waals surface area contributed by atoms with Crippen LogP contribution >= 0.6 is 0 Å². The minimum absolute atomic E-state index is 0.169. The lowest BCUT2D eigenvalue weighted by molar-refractivity contribution is -0.123. The Balaban J connectivity index is 1.73. The molecule has 2 heterocycles. The van der Waals surface area contributed by atoms with Crippen LogP contribution in [0.2, 0.25) is 0 Å². The van der Waals surface area contributed by atoms with E-state index in [1.54, 1.807) is 19.1 Å². The molecule has 142 valence electrons. The van der Waals surface area contributed by atoms with Crippen molar-refractivity contribution in [2.75, 3.05) is 0 Å². The van der Waals surface area contributed by atoms with Gasteiger partial charge in [-0.3, -0.25) is 9.59 Å². The Morgan fingerprint density at radius 3 is 2.59 bits per heavy atom. The summed E-state index contributed by atoms with van der Waals surface area (Å²) in [4.78, 5) is 32.7. The van der Waals surface area contributed by atoms with E-state index in [4.69, 9.17) is 4.42 Å². The Bertz CT molecular complexity index is 883. The van der Waals surface area contributed by atoms with Crippen molar-refractivity contribution in [1.29, 1.82) is 0 Å². The monoisotopic (exact) mass is 368 g/mol. The summed E-state index contributed by atoms with van der Waals surface area (Å²) in [6, 6.07) is 9.93. The Morgan fingerprint density at radius 2 is 1.93 bits per heavy atom. The largest absolute Gasteiger partial charge is 0.459 e. The summed E-state index contributed by atoms with van der Waals surface area (Å²) in [5.41, 5.74) is 1.78. The van der Waals surface area contributed by atoms with Crippen molar-refractivity contribution in [3.8, 4) is 0 Å². The maximum Gasteiger partial charge on any atom is 0.287 e. The van der Waals surface area contributed by atoms with Gasteiger partial charge >= 0.3 is 0 Å². The number of rotatable bonds is 7. The van der Waals surface area contributed by atoms with E-state index in [0.29, 0.717) is 5.82 Å². The number of hydrogen-bond donors (Lipinski definition) is 3. The lowest BCUT2D eigenvalue weighted by atomic mass is 9.98. The maximum absolute atomic E-state index is 12.7. The van der Waals surface area contributed by atoms with Gasteiger partial charge in [-0.2, -0.15) is 0 Å². The van der Waals surface area contributed by atoms with Gasteiger partial charge in [-0.1, -0.05) is 32.4 Å². The molecule has 0 aliphatic carbocycles. The Hall–Kier alpha value is -3.09. The molecule has 0 fully saturated rings. The number of H-pyrrole nitrogens is 1. The van der Waals surface area contributed by atoms with Gasteiger partial charge < -0.3 is 20.0 Å². The zero-order chi connectivity index (χ0) is 19.4. The van der Waals surface area contributed by atoms with Crippen LogP contribution in [0.5, 0.6) is 0 Å². The maximum atomic E-state index is 12.7. The number of benzene rings is 1. The molecule has 0 bridgehead atoms. The quantitative estimate of drug-likeness (QED) is 0.596. The van der Waals surface area contributed by atoms with Crippen LogP contribution in [-0.4, -0.2) is 27.8 Å². The van der Waals surface area contributed by atoms with Gasteiger partial charge in [0.15, 0.2) is 5.76 Å². The number of aromatic amines is 1. The molecular formula is C20H24N4O3. The normalized spacial score (nSPS) is 14.5. The molecule has 3 aromatic rings. The fourth-order valence-corrected chi connectivity index (χ4v) is 2.85. The average Bonchev–Trinajstić information content (AvgIpc) is 3.34. The molecule has 2 amide bonds. The van der Waals surface area contributed by atoms with Crippen molar-refractivity contribution < 1.29 is 14.0 Å². The first kappa shape index (κ1) is 18.7. The van der Waals surface area contributed by atoms with E-state index in [1.807, 2.05) is 24.3 Å². The summed E-state index contributed by atoms with van der Waals surface area (Å²) in [6.07, 6.45) is 2.29. The number of hydrogen-bond acceptors (Lipinski definition) is 4. The Morgan fingerprint density at radius 1 is 1.15 bits per heavy atom. The summed E-state index contributed by atoms with van der Waals surface area (Å²) >= 11 is 0. The van der Waals surface area contributed by atoms with Crippen LogP contribution in [0.1, 0.15) is 49.6 Å². The minimum Gasteiger partial charge on any atom is -0.459 e. The summed E-state index contributed by atoms with van der Waals surface area (Å²) in [6.45, 7) is 5.77. The molecule has 0 radical (unpaired) electrons. The van der Waals surface area contributed by atoms with Crippen LogP contribution in [0.4, 0.5) is 0 Å². The highest BCUT2D eigenvalue weighted by atomic mass is 16.3. The molecule has 1 aromatic carbocycles. The molecule has 0 saturated carbocycles. The van der Waals surface area contributed by atoms with E-state index in [2.05, 4.69) is 34.4 Å². The number of nitrogens with one attached hydrogen (secondary N) is 3. The number of carbonyl (C=O) groups excluding carboxylic acids is 2. The van der Waals surface area contributed by atoms with Crippen molar-refractivity contribution in [2.45, 2.75) is 39.3 Å². The molecule has 7 heteroatoms. The highest BCUT2D eigenvalue weighted by molar-refractivity contribution is 5.95. The number of imidazole rings is 1. The van der Waals surface area contributed by atoms with Gasteiger partial charge in [-0.25, -0.2) is 4.98 Å². The van der Waals surface area contributed by atoms with E-state index in [1.165, 1.54) is 6.26 Å². The lowest BCUT2D eigenvalue weighted by Gasteiger charge is -2.24. The number of carbonyl (C=O) groups is 2. The fraction of sp³-hybridized carbons (Fsp3) is 0.350. The topological polar surface area (TPSA) is 100 Å². The second kappa shape index (κ2) is 8.07. The lowest BCUT2D eigenvalue weighted by Crippen LogP contribution is -2.47. The first-order valence-electron chi connectivity index (χ1n) is 9.09. The van der Waals surface area contributed by atoms with Crippen molar-refractivity contribution >= 4 is 22.8 Å². The Kier molecular flexibility index (Phi) is 5.59. The number of amides is 2. The molecule has 0 spiro atoms. The van der Waals surface area contributed by atoms with E-state index in [-0.39, 0.29) is 23.6 Å². The van der Waals surface area contributed by atoms with E-state index < -0.39 is 11.9 Å². The molecular weight excluding hydrogens is 344 g/mol. The standard InChI is InChI=1S/C20H24N4O3/c1-4-12(2)17(18-22-14-8-5-6-9-15(14)23-18)24-19(25)13(3)21-20(26)16-10-7-11-27-16/h5-13,17H,4H2,1-3H3,(H,21,26)(H,22,23)(H,24,25)/t12-,13+,17-/m0/s1. The predicted molar refractivity (Wildman–Crippen MR) is 102 cm³/mol. The van der Waals surface area contributed by atoms with E-state index in [9.17, 15) is 9.59 Å². The molecule has 27 heavy (non-hydrogen) atoms.